The van der Waals surface area contributed by atoms with E-state index in [2.05, 4.69) is 5.32 Å². The van der Waals surface area contributed by atoms with Crippen molar-refractivity contribution < 1.29 is 19.1 Å². The molecule has 5 nitrogen and oxygen atoms in total. The number of hydrogen-bond donors (Lipinski definition) is 2. The van der Waals surface area contributed by atoms with Crippen LogP contribution >= 0.6 is 11.8 Å². The minimum Gasteiger partial charge on any atom is -0.478 e. The Bertz CT molecular complexity index is 734. The Balaban J connectivity index is 1.70. The van der Waals surface area contributed by atoms with Gasteiger partial charge in [-0.05, 0) is 31.0 Å². The first kappa shape index (κ1) is 16.6. The number of nitrogens with one attached hydrogen (secondary N) is 1. The molecule has 2 N–H and O–H groups in total. The molecule has 1 aromatic carbocycles. The molecule has 1 fully saturated rings. The molecule has 1 amide bonds. The molecule has 1 heterocycles. The number of amides is 1. The van der Waals surface area contributed by atoms with Crippen LogP contribution in [0.2, 0.25) is 0 Å². The highest BCUT2D eigenvalue weighted by atomic mass is 32.2. The van der Waals surface area contributed by atoms with Crippen LogP contribution in [0.3, 0.4) is 0 Å². The highest BCUT2D eigenvalue weighted by Crippen LogP contribution is 2.28. The Hall–Kier alpha value is -2.21. The highest BCUT2D eigenvalue weighted by Gasteiger charge is 2.20. The van der Waals surface area contributed by atoms with Crippen LogP contribution in [0.1, 0.15) is 52.2 Å². The van der Waals surface area contributed by atoms with Crippen molar-refractivity contribution in [3.8, 4) is 0 Å². The number of aromatic carboxylic acids is 1. The molecule has 0 spiro atoms. The average Bonchev–Trinajstić information content (AvgIpc) is 3.24. The normalized spacial score (nSPS) is 14.7. The van der Waals surface area contributed by atoms with Crippen LogP contribution < -0.4 is 5.32 Å². The predicted molar refractivity (Wildman–Crippen MR) is 91.4 cm³/mol. The van der Waals surface area contributed by atoms with Gasteiger partial charge < -0.3 is 14.8 Å². The van der Waals surface area contributed by atoms with E-state index in [4.69, 9.17) is 9.52 Å². The van der Waals surface area contributed by atoms with E-state index in [9.17, 15) is 9.59 Å². The van der Waals surface area contributed by atoms with Gasteiger partial charge in [-0.2, -0.15) is 0 Å². The Labute approximate surface area is 144 Å². The number of carbonyl (C=O) groups is 2. The first-order valence-electron chi connectivity index (χ1n) is 7.97. The third kappa shape index (κ3) is 3.82. The number of furan rings is 1. The van der Waals surface area contributed by atoms with Gasteiger partial charge in [0.1, 0.15) is 11.3 Å². The van der Waals surface area contributed by atoms with E-state index in [0.29, 0.717) is 17.1 Å². The molecule has 0 atom stereocenters. The van der Waals surface area contributed by atoms with Gasteiger partial charge in [0.2, 0.25) is 0 Å². The zero-order valence-electron chi connectivity index (χ0n) is 13.2. The number of hydrogen-bond acceptors (Lipinski definition) is 4. The molecule has 1 aromatic heterocycles. The molecular formula is C18H19NO4S. The topological polar surface area (TPSA) is 79.5 Å². The van der Waals surface area contributed by atoms with E-state index < -0.39 is 5.97 Å². The lowest BCUT2D eigenvalue weighted by atomic mass is 10.2. The van der Waals surface area contributed by atoms with Crippen molar-refractivity contribution in [3.63, 3.8) is 0 Å². The molecule has 24 heavy (non-hydrogen) atoms. The van der Waals surface area contributed by atoms with Gasteiger partial charge in [0.25, 0.3) is 5.91 Å². The zero-order valence-corrected chi connectivity index (χ0v) is 14.0. The molecule has 1 aliphatic rings. The Morgan fingerprint density at radius 2 is 1.92 bits per heavy atom. The van der Waals surface area contributed by atoms with Gasteiger partial charge in [0, 0.05) is 10.9 Å². The number of thioether (sulfide) groups is 1. The van der Waals surface area contributed by atoms with E-state index in [0.717, 1.165) is 30.6 Å². The fraction of sp³-hybridized carbons (Fsp3) is 0.333. The van der Waals surface area contributed by atoms with Crippen LogP contribution in [0.25, 0.3) is 0 Å². The molecule has 126 valence electrons. The second-order valence-corrected chi connectivity index (χ2v) is 6.82. The summed E-state index contributed by atoms with van der Waals surface area (Å²) in [7, 11) is 0. The van der Waals surface area contributed by atoms with Crippen LogP contribution in [-0.4, -0.2) is 23.0 Å². The third-order valence-electron chi connectivity index (χ3n) is 4.16. The number of carbonyl (C=O) groups excluding carboxylic acids is 1. The van der Waals surface area contributed by atoms with E-state index in [1.165, 1.54) is 24.1 Å². The lowest BCUT2D eigenvalue weighted by Crippen LogP contribution is -2.32. The summed E-state index contributed by atoms with van der Waals surface area (Å²) in [5.41, 5.74) is 0.785. The van der Waals surface area contributed by atoms with Crippen molar-refractivity contribution in [2.75, 3.05) is 0 Å². The molecule has 1 saturated carbocycles. The molecular weight excluding hydrogens is 326 g/mol. The molecule has 6 heteroatoms. The monoisotopic (exact) mass is 345 g/mol. The summed E-state index contributed by atoms with van der Waals surface area (Å²) < 4.78 is 5.25. The van der Waals surface area contributed by atoms with E-state index in [1.807, 2.05) is 18.2 Å². The number of benzene rings is 1. The number of carboxylic acids is 1. The maximum atomic E-state index is 12.5. The third-order valence-corrected chi connectivity index (χ3v) is 5.23. The second-order valence-electron chi connectivity index (χ2n) is 5.80. The fourth-order valence-corrected chi connectivity index (χ4v) is 3.90. The van der Waals surface area contributed by atoms with Crippen LogP contribution in [0, 0.1) is 0 Å². The summed E-state index contributed by atoms with van der Waals surface area (Å²) in [5.74, 6) is -0.310. The van der Waals surface area contributed by atoms with Crippen molar-refractivity contribution >= 4 is 23.6 Å². The molecule has 0 aliphatic heterocycles. The number of carboxylic acid groups (broad SMARTS) is 1. The summed E-state index contributed by atoms with van der Waals surface area (Å²) in [4.78, 5) is 24.5. The first-order chi connectivity index (χ1) is 11.6. The number of rotatable bonds is 6. The van der Waals surface area contributed by atoms with Gasteiger partial charge in [-0.15, -0.1) is 11.8 Å². The Morgan fingerprint density at radius 1 is 1.17 bits per heavy atom. The van der Waals surface area contributed by atoms with Crippen molar-refractivity contribution in [1.82, 2.24) is 5.32 Å². The van der Waals surface area contributed by atoms with Crippen molar-refractivity contribution in [2.24, 2.45) is 0 Å². The van der Waals surface area contributed by atoms with Crippen LogP contribution in [-0.2, 0) is 5.75 Å². The van der Waals surface area contributed by atoms with Crippen molar-refractivity contribution in [2.45, 2.75) is 42.4 Å². The van der Waals surface area contributed by atoms with Gasteiger partial charge in [-0.3, -0.25) is 4.79 Å². The quantitative estimate of drug-likeness (QED) is 0.775. The first-order valence-corrected chi connectivity index (χ1v) is 8.96. The molecule has 0 radical (unpaired) electrons. The summed E-state index contributed by atoms with van der Waals surface area (Å²) >= 11 is 1.40. The van der Waals surface area contributed by atoms with Gasteiger partial charge in [-0.1, -0.05) is 25.0 Å². The average molecular weight is 345 g/mol. The van der Waals surface area contributed by atoms with Crippen molar-refractivity contribution in [1.29, 1.82) is 0 Å². The van der Waals surface area contributed by atoms with Crippen LogP contribution in [0.15, 0.2) is 45.9 Å². The maximum Gasteiger partial charge on any atom is 0.339 e. The minimum atomic E-state index is -1.01. The van der Waals surface area contributed by atoms with Crippen molar-refractivity contribution in [3.05, 3.63) is 53.5 Å². The van der Waals surface area contributed by atoms with Gasteiger partial charge in [0.05, 0.1) is 17.6 Å². The predicted octanol–water partition coefficient (Wildman–Crippen LogP) is 3.94. The summed E-state index contributed by atoms with van der Waals surface area (Å²) in [6.07, 6.45) is 5.78. The lowest BCUT2D eigenvalue weighted by molar-refractivity contribution is 0.0694. The summed E-state index contributed by atoms with van der Waals surface area (Å²) in [6, 6.07) is 9.08. The minimum absolute atomic E-state index is 0.0668. The second kappa shape index (κ2) is 7.57. The molecule has 1 aliphatic carbocycles. The lowest BCUT2D eigenvalue weighted by Gasteiger charge is -2.14. The fourth-order valence-electron chi connectivity index (χ4n) is 2.90. The van der Waals surface area contributed by atoms with E-state index in [-0.39, 0.29) is 17.5 Å². The maximum absolute atomic E-state index is 12.5. The Morgan fingerprint density at radius 3 is 2.67 bits per heavy atom. The summed E-state index contributed by atoms with van der Waals surface area (Å²) in [6.45, 7) is 0. The highest BCUT2D eigenvalue weighted by molar-refractivity contribution is 7.98. The van der Waals surface area contributed by atoms with E-state index >= 15 is 0 Å². The molecule has 0 unspecified atom stereocenters. The largest absolute Gasteiger partial charge is 0.478 e. The molecule has 0 saturated heterocycles. The van der Waals surface area contributed by atoms with Gasteiger partial charge in [-0.25, -0.2) is 4.79 Å². The van der Waals surface area contributed by atoms with Gasteiger partial charge >= 0.3 is 5.97 Å². The SMILES string of the molecule is O=C(NC1CCCC1)c1ccccc1SCc1occc1C(=O)O. The van der Waals surface area contributed by atoms with Crippen LogP contribution in [0.5, 0.6) is 0 Å². The summed E-state index contributed by atoms with van der Waals surface area (Å²) in [5, 5.41) is 12.2. The zero-order chi connectivity index (χ0) is 16.9. The molecule has 0 bridgehead atoms. The molecule has 3 rings (SSSR count). The molecule has 2 aromatic rings. The van der Waals surface area contributed by atoms with Gasteiger partial charge in [0.15, 0.2) is 0 Å². The Kier molecular flexibility index (Phi) is 5.25. The standard InChI is InChI=1S/C18H19NO4S/c20-17(19-12-5-1-2-6-12)14-7-3-4-8-16(14)24-11-15-13(18(21)22)9-10-23-15/h3-4,7-10,12H,1-2,5-6,11H2,(H,19,20)(H,21,22). The van der Waals surface area contributed by atoms with E-state index in [1.54, 1.807) is 6.07 Å². The smallest absolute Gasteiger partial charge is 0.339 e. The van der Waals surface area contributed by atoms with Crippen LogP contribution in [0.4, 0.5) is 0 Å².